The number of fused-ring (bicyclic) bond motifs is 1. The molecular formula is C22H15BrN4O6S3. The highest BCUT2D eigenvalue weighted by molar-refractivity contribution is 9.10. The number of nitrogens with zero attached hydrogens (tertiary/aromatic N) is 3. The summed E-state index contributed by atoms with van der Waals surface area (Å²) in [7, 11) is -4.30. The Kier molecular flexibility index (Phi) is 7.98. The Bertz CT molecular complexity index is 1560. The van der Waals surface area contributed by atoms with E-state index in [0.717, 1.165) is 20.6 Å². The number of nitrogens with one attached hydrogen (secondary N) is 1. The van der Waals surface area contributed by atoms with E-state index in [9.17, 15) is 23.3 Å². The number of carbonyl (C=O) groups excluding carboxylic acids is 1. The molecule has 0 atom stereocenters. The van der Waals surface area contributed by atoms with Crippen LogP contribution in [-0.2, 0) is 14.9 Å². The molecule has 0 unspecified atom stereocenters. The Labute approximate surface area is 221 Å². The number of thiazole rings is 1. The number of amides is 1. The van der Waals surface area contributed by atoms with E-state index in [0.29, 0.717) is 10.0 Å². The zero-order valence-corrected chi connectivity index (χ0v) is 22.1. The number of non-ortho nitro benzene ring substituents is 1. The maximum absolute atomic E-state index is 12.5. The number of carbonyl (C=O) groups is 1. The molecule has 36 heavy (non-hydrogen) atoms. The lowest BCUT2D eigenvalue weighted by Crippen LogP contribution is -2.19. The molecule has 1 heterocycles. The molecule has 0 bridgehead atoms. The van der Waals surface area contributed by atoms with Crippen LogP contribution in [0, 0.1) is 10.1 Å². The fourth-order valence-corrected chi connectivity index (χ4v) is 6.27. The number of rotatable bonds is 9. The van der Waals surface area contributed by atoms with Crippen molar-refractivity contribution in [3.05, 3.63) is 86.9 Å². The molecule has 184 valence electrons. The molecule has 14 heteroatoms. The van der Waals surface area contributed by atoms with Gasteiger partial charge in [-0.05, 0) is 57.9 Å². The highest BCUT2D eigenvalue weighted by Gasteiger charge is 2.21. The molecule has 4 rings (SSSR count). The fraction of sp³-hybridized carbons (Fsp3) is 0.0455. The summed E-state index contributed by atoms with van der Waals surface area (Å²) in [5.74, 6) is -0.184. The first-order chi connectivity index (χ1) is 17.2. The van der Waals surface area contributed by atoms with Crippen LogP contribution in [0.5, 0.6) is 5.75 Å². The van der Waals surface area contributed by atoms with Crippen LogP contribution in [-0.4, -0.2) is 36.2 Å². The highest BCUT2D eigenvalue weighted by atomic mass is 79.9. The standard InChI is InChI=1S/C22H15BrN4O6S3/c23-17-10-14(8-9-19(17)33-36(31,32)16-5-3-4-15(11-16)27(29)30)12-24-26-21(28)13-34-22-25-18-6-1-2-7-20(18)35-22/h1-12H,13H2,(H,26,28)/b24-12-. The molecule has 0 radical (unpaired) electrons. The largest absolute Gasteiger partial charge is 0.378 e. The number of hydrazone groups is 1. The van der Waals surface area contributed by atoms with Gasteiger partial charge in [-0.25, -0.2) is 10.4 Å². The van der Waals surface area contributed by atoms with Crippen LogP contribution in [0.4, 0.5) is 5.69 Å². The number of para-hydroxylation sites is 1. The lowest BCUT2D eigenvalue weighted by molar-refractivity contribution is -0.385. The van der Waals surface area contributed by atoms with Gasteiger partial charge in [-0.2, -0.15) is 13.5 Å². The van der Waals surface area contributed by atoms with Crippen molar-refractivity contribution in [1.29, 1.82) is 0 Å². The Balaban J connectivity index is 1.34. The van der Waals surface area contributed by atoms with Crippen LogP contribution in [0.15, 0.2) is 85.5 Å². The summed E-state index contributed by atoms with van der Waals surface area (Å²) >= 11 is 6.07. The summed E-state index contributed by atoms with van der Waals surface area (Å²) in [5.41, 5.74) is 3.51. The van der Waals surface area contributed by atoms with Gasteiger partial charge in [0.25, 0.3) is 11.6 Å². The lowest BCUT2D eigenvalue weighted by Gasteiger charge is -2.09. The normalized spacial score (nSPS) is 11.6. The molecule has 0 aliphatic rings. The summed E-state index contributed by atoms with van der Waals surface area (Å²) in [6, 6.07) is 16.8. The van der Waals surface area contributed by atoms with Crippen LogP contribution >= 0.6 is 39.0 Å². The molecular weight excluding hydrogens is 592 g/mol. The predicted molar refractivity (Wildman–Crippen MR) is 141 cm³/mol. The van der Waals surface area contributed by atoms with Crippen LogP contribution in [0.3, 0.4) is 0 Å². The molecule has 1 amide bonds. The van der Waals surface area contributed by atoms with Crippen molar-refractivity contribution in [2.45, 2.75) is 9.24 Å². The molecule has 3 aromatic carbocycles. The van der Waals surface area contributed by atoms with Gasteiger partial charge < -0.3 is 4.18 Å². The molecule has 1 aromatic heterocycles. The van der Waals surface area contributed by atoms with Gasteiger partial charge in [0.1, 0.15) is 4.90 Å². The van der Waals surface area contributed by atoms with Crippen molar-refractivity contribution in [2.75, 3.05) is 5.75 Å². The monoisotopic (exact) mass is 606 g/mol. The summed E-state index contributed by atoms with van der Waals surface area (Å²) < 4.78 is 32.3. The third-order valence-electron chi connectivity index (χ3n) is 4.48. The highest BCUT2D eigenvalue weighted by Crippen LogP contribution is 2.30. The number of benzene rings is 3. The average Bonchev–Trinajstić information content (AvgIpc) is 3.27. The maximum atomic E-state index is 12.5. The van der Waals surface area contributed by atoms with Crippen molar-refractivity contribution >= 4 is 77.2 Å². The van der Waals surface area contributed by atoms with Crippen molar-refractivity contribution in [1.82, 2.24) is 10.4 Å². The second-order valence-electron chi connectivity index (χ2n) is 7.01. The Morgan fingerprint density at radius 3 is 2.75 bits per heavy atom. The van der Waals surface area contributed by atoms with Crippen LogP contribution in [0.25, 0.3) is 10.2 Å². The number of aromatic nitrogens is 1. The molecule has 0 saturated carbocycles. The molecule has 0 saturated heterocycles. The van der Waals surface area contributed by atoms with Crippen molar-refractivity contribution in [3.8, 4) is 5.75 Å². The number of thioether (sulfide) groups is 1. The lowest BCUT2D eigenvalue weighted by atomic mass is 10.2. The summed E-state index contributed by atoms with van der Waals surface area (Å²) in [5, 5.41) is 14.8. The minimum absolute atomic E-state index is 0.0186. The summed E-state index contributed by atoms with van der Waals surface area (Å²) in [6.07, 6.45) is 1.39. The Morgan fingerprint density at radius 2 is 2.00 bits per heavy atom. The van der Waals surface area contributed by atoms with Gasteiger partial charge in [0, 0.05) is 12.1 Å². The second kappa shape index (κ2) is 11.2. The van der Waals surface area contributed by atoms with Gasteiger partial charge in [-0.15, -0.1) is 11.3 Å². The van der Waals surface area contributed by atoms with Gasteiger partial charge >= 0.3 is 10.1 Å². The number of nitro benzene ring substituents is 1. The minimum Gasteiger partial charge on any atom is -0.378 e. The van der Waals surface area contributed by atoms with Gasteiger partial charge in [-0.3, -0.25) is 14.9 Å². The summed E-state index contributed by atoms with van der Waals surface area (Å²) in [6.45, 7) is 0. The number of halogens is 1. The molecule has 10 nitrogen and oxygen atoms in total. The van der Waals surface area contributed by atoms with Gasteiger partial charge in [0.2, 0.25) is 0 Å². The average molecular weight is 607 g/mol. The van der Waals surface area contributed by atoms with Crippen LogP contribution in [0.2, 0.25) is 0 Å². The maximum Gasteiger partial charge on any atom is 0.339 e. The molecule has 1 N–H and O–H groups in total. The van der Waals surface area contributed by atoms with Crippen LogP contribution in [0.1, 0.15) is 5.56 Å². The van der Waals surface area contributed by atoms with Crippen molar-refractivity contribution in [3.63, 3.8) is 0 Å². The first-order valence-electron chi connectivity index (χ1n) is 10.00. The van der Waals surface area contributed by atoms with Crippen LogP contribution < -0.4 is 9.61 Å². The Morgan fingerprint density at radius 1 is 1.19 bits per heavy atom. The van der Waals surface area contributed by atoms with Gasteiger partial charge in [-0.1, -0.05) is 30.0 Å². The number of nitro groups is 1. The van der Waals surface area contributed by atoms with E-state index >= 15 is 0 Å². The predicted octanol–water partition coefficient (Wildman–Crippen LogP) is 4.98. The smallest absolute Gasteiger partial charge is 0.339 e. The van der Waals surface area contributed by atoms with E-state index < -0.39 is 15.0 Å². The topological polar surface area (TPSA) is 141 Å². The molecule has 0 fully saturated rings. The molecule has 4 aromatic rings. The third kappa shape index (κ3) is 6.46. The quantitative estimate of drug-likeness (QED) is 0.0924. The molecule has 0 aliphatic heterocycles. The van der Waals surface area contributed by atoms with E-state index in [2.05, 4.69) is 31.4 Å². The SMILES string of the molecule is O=C(CSc1nc2ccccc2s1)N/N=C\c1ccc(OS(=O)(=O)c2cccc([N+](=O)[O-])c2)c(Br)c1. The Hall–Kier alpha value is -3.33. The fourth-order valence-electron chi connectivity index (χ4n) is 2.84. The van der Waals surface area contributed by atoms with Gasteiger partial charge in [0.05, 0.1) is 31.6 Å². The van der Waals surface area contributed by atoms with Crippen molar-refractivity contribution in [2.24, 2.45) is 5.10 Å². The van der Waals surface area contributed by atoms with E-state index in [1.165, 1.54) is 59.6 Å². The third-order valence-corrected chi connectivity index (χ3v) is 8.51. The van der Waals surface area contributed by atoms with E-state index in [1.54, 1.807) is 6.07 Å². The summed E-state index contributed by atoms with van der Waals surface area (Å²) in [4.78, 5) is 26.4. The second-order valence-corrected chi connectivity index (χ2v) is 11.7. The van der Waals surface area contributed by atoms with E-state index in [1.807, 2.05) is 24.3 Å². The first kappa shape index (κ1) is 25.8. The van der Waals surface area contributed by atoms with Gasteiger partial charge in [0.15, 0.2) is 10.1 Å². The van der Waals surface area contributed by atoms with Crippen molar-refractivity contribution < 1.29 is 22.3 Å². The zero-order valence-electron chi connectivity index (χ0n) is 18.0. The first-order valence-corrected chi connectivity index (χ1v) is 14.0. The number of hydrogen-bond acceptors (Lipinski definition) is 10. The zero-order chi connectivity index (χ0) is 25.7. The molecule has 0 aliphatic carbocycles. The van der Waals surface area contributed by atoms with E-state index in [-0.39, 0.29) is 28.0 Å². The number of hydrogen-bond donors (Lipinski definition) is 1. The van der Waals surface area contributed by atoms with E-state index in [4.69, 9.17) is 4.18 Å². The minimum atomic E-state index is -4.30. The molecule has 0 spiro atoms.